The second-order valence-corrected chi connectivity index (χ2v) is 8.71. The Morgan fingerprint density at radius 3 is 2.36 bits per heavy atom. The van der Waals surface area contributed by atoms with Crippen molar-refractivity contribution in [1.82, 2.24) is 20.6 Å². The number of hydrogen-bond donors (Lipinski definition) is 2. The predicted octanol–water partition coefficient (Wildman–Crippen LogP) is 4.20. The Kier molecular flexibility index (Phi) is 10.5. The summed E-state index contributed by atoms with van der Waals surface area (Å²) in [5, 5.41) is 7.07. The Morgan fingerprint density at radius 1 is 0.939 bits per heavy atom. The minimum absolute atomic E-state index is 0. The molecule has 2 aliphatic heterocycles. The number of nitrogens with one attached hydrogen (secondary N) is 2. The molecule has 4 rings (SSSR count). The summed E-state index contributed by atoms with van der Waals surface area (Å²) < 4.78 is 0. The predicted molar refractivity (Wildman–Crippen MR) is 148 cm³/mol. The molecule has 2 saturated heterocycles. The molecule has 8 heteroatoms. The third-order valence-corrected chi connectivity index (χ3v) is 6.31. The Hall–Kier alpha value is -2.10. The van der Waals surface area contributed by atoms with E-state index in [1.54, 1.807) is 0 Å². The maximum absolute atomic E-state index is 4.88. The van der Waals surface area contributed by atoms with Gasteiger partial charge in [-0.3, -0.25) is 0 Å². The van der Waals surface area contributed by atoms with E-state index in [1.807, 2.05) is 18.5 Å². The molecule has 0 radical (unpaired) electrons. The highest BCUT2D eigenvalue weighted by molar-refractivity contribution is 14.0. The second-order valence-electron chi connectivity index (χ2n) is 8.71. The van der Waals surface area contributed by atoms with Gasteiger partial charge in [0.25, 0.3) is 0 Å². The number of piperidine rings is 1. The van der Waals surface area contributed by atoms with Crippen molar-refractivity contribution in [2.45, 2.75) is 58.0 Å². The molecular weight excluding hydrogens is 525 g/mol. The van der Waals surface area contributed by atoms with Gasteiger partial charge in [0.2, 0.25) is 0 Å². The number of guanidine groups is 1. The Morgan fingerprint density at radius 2 is 1.67 bits per heavy atom. The summed E-state index contributed by atoms with van der Waals surface area (Å²) in [5.41, 5.74) is 1.21. The minimum Gasteiger partial charge on any atom is -0.357 e. The Labute approximate surface area is 215 Å². The van der Waals surface area contributed by atoms with Crippen LogP contribution in [0, 0.1) is 0 Å². The van der Waals surface area contributed by atoms with Crippen LogP contribution in [-0.2, 0) is 6.54 Å². The number of anilines is 2. The zero-order chi connectivity index (χ0) is 22.0. The van der Waals surface area contributed by atoms with Crippen molar-refractivity contribution in [3.8, 4) is 0 Å². The lowest BCUT2D eigenvalue weighted by molar-refractivity contribution is 0.459. The lowest BCUT2D eigenvalue weighted by atomic mass is 10.1. The maximum atomic E-state index is 4.88. The summed E-state index contributed by atoms with van der Waals surface area (Å²) in [5.74, 6) is 3.07. The van der Waals surface area contributed by atoms with E-state index in [0.29, 0.717) is 12.6 Å². The van der Waals surface area contributed by atoms with Gasteiger partial charge in [0, 0.05) is 51.2 Å². The fourth-order valence-electron chi connectivity index (χ4n) is 4.51. The van der Waals surface area contributed by atoms with Gasteiger partial charge in [-0.1, -0.05) is 18.9 Å². The average Bonchev–Trinajstić information content (AvgIpc) is 3.14. The highest BCUT2D eigenvalue weighted by atomic mass is 127. The first-order valence-corrected chi connectivity index (χ1v) is 12.2. The van der Waals surface area contributed by atoms with Crippen LogP contribution in [-0.4, -0.2) is 54.7 Å². The van der Waals surface area contributed by atoms with Crippen LogP contribution in [0.25, 0.3) is 0 Å². The molecule has 0 unspecified atom stereocenters. The first-order valence-electron chi connectivity index (χ1n) is 12.2. The molecule has 0 saturated carbocycles. The molecule has 2 aromatic rings. The first kappa shape index (κ1) is 25.5. The second kappa shape index (κ2) is 13.6. The fourth-order valence-corrected chi connectivity index (χ4v) is 4.51. The van der Waals surface area contributed by atoms with Crippen LogP contribution >= 0.6 is 24.0 Å². The van der Waals surface area contributed by atoms with Crippen LogP contribution in [0.5, 0.6) is 0 Å². The van der Waals surface area contributed by atoms with Crippen molar-refractivity contribution in [3.05, 3.63) is 48.3 Å². The van der Waals surface area contributed by atoms with E-state index in [2.05, 4.69) is 61.6 Å². The molecule has 33 heavy (non-hydrogen) atoms. The molecule has 7 nitrogen and oxygen atoms in total. The lowest BCUT2D eigenvalue weighted by Crippen LogP contribution is -2.48. The van der Waals surface area contributed by atoms with Crippen molar-refractivity contribution in [2.24, 2.45) is 4.99 Å². The van der Waals surface area contributed by atoms with Gasteiger partial charge in [-0.05, 0) is 62.4 Å². The third kappa shape index (κ3) is 7.72. The molecule has 0 spiro atoms. The Bertz CT molecular complexity index is 845. The molecule has 2 aromatic heterocycles. The molecule has 180 valence electrons. The van der Waals surface area contributed by atoms with Crippen molar-refractivity contribution in [1.29, 1.82) is 0 Å². The van der Waals surface area contributed by atoms with Gasteiger partial charge in [-0.15, -0.1) is 24.0 Å². The van der Waals surface area contributed by atoms with Crippen molar-refractivity contribution in [2.75, 3.05) is 42.5 Å². The number of aliphatic imine (C=N–C) groups is 1. The fraction of sp³-hybridized carbons (Fsp3) is 0.560. The van der Waals surface area contributed by atoms with Gasteiger partial charge >= 0.3 is 0 Å². The van der Waals surface area contributed by atoms with Gasteiger partial charge in [0.15, 0.2) is 5.96 Å². The molecule has 0 atom stereocenters. The molecular formula is C25H38IN7. The highest BCUT2D eigenvalue weighted by Gasteiger charge is 2.20. The van der Waals surface area contributed by atoms with Gasteiger partial charge in [-0.25, -0.2) is 15.0 Å². The van der Waals surface area contributed by atoms with Gasteiger partial charge in [0.05, 0.1) is 6.54 Å². The molecule has 0 bridgehead atoms. The lowest BCUT2D eigenvalue weighted by Gasteiger charge is -2.33. The van der Waals surface area contributed by atoms with Gasteiger partial charge in [0.1, 0.15) is 11.6 Å². The zero-order valence-corrected chi connectivity index (χ0v) is 22.1. The number of nitrogens with zero attached hydrogens (tertiary/aromatic N) is 5. The molecule has 2 fully saturated rings. The smallest absolute Gasteiger partial charge is 0.191 e. The highest BCUT2D eigenvalue weighted by Crippen LogP contribution is 2.19. The summed E-state index contributed by atoms with van der Waals surface area (Å²) in [7, 11) is 0. The summed E-state index contributed by atoms with van der Waals surface area (Å²) >= 11 is 0. The monoisotopic (exact) mass is 563 g/mol. The molecule has 2 aliphatic rings. The van der Waals surface area contributed by atoms with E-state index in [0.717, 1.165) is 63.2 Å². The first-order chi connectivity index (χ1) is 15.8. The van der Waals surface area contributed by atoms with Crippen LogP contribution in [0.2, 0.25) is 0 Å². The largest absolute Gasteiger partial charge is 0.357 e. The number of halogens is 1. The standard InChI is InChI=1S/C25H37N7.HI/c1-2-26-25(30-22-11-17-32(18-12-22)23-9-5-6-13-27-23)29-20-21-10-14-28-24(19-21)31-15-7-3-4-8-16-31;/h5-6,9-10,13-14,19,22H,2-4,7-8,11-12,15-18,20H2,1H3,(H2,26,29,30);1H. The third-order valence-electron chi connectivity index (χ3n) is 6.31. The topological polar surface area (TPSA) is 68.7 Å². The quantitative estimate of drug-likeness (QED) is 0.312. The van der Waals surface area contributed by atoms with E-state index >= 15 is 0 Å². The molecule has 0 aromatic carbocycles. The van der Waals surface area contributed by atoms with Crippen LogP contribution in [0.3, 0.4) is 0 Å². The number of rotatable bonds is 6. The van der Waals surface area contributed by atoms with E-state index in [9.17, 15) is 0 Å². The van der Waals surface area contributed by atoms with Crippen molar-refractivity contribution >= 4 is 41.6 Å². The Balaban J connectivity index is 0.00000306. The number of pyridine rings is 2. The summed E-state index contributed by atoms with van der Waals surface area (Å²) in [6, 6.07) is 10.8. The molecule has 4 heterocycles. The molecule has 0 aliphatic carbocycles. The van der Waals surface area contributed by atoms with E-state index in [-0.39, 0.29) is 24.0 Å². The minimum atomic E-state index is 0. The van der Waals surface area contributed by atoms with Crippen molar-refractivity contribution in [3.63, 3.8) is 0 Å². The summed E-state index contributed by atoms with van der Waals surface area (Å²) in [6.45, 7) is 7.88. The van der Waals surface area contributed by atoms with Gasteiger partial charge in [-0.2, -0.15) is 0 Å². The van der Waals surface area contributed by atoms with E-state index < -0.39 is 0 Å². The van der Waals surface area contributed by atoms with E-state index in [4.69, 9.17) is 4.99 Å². The van der Waals surface area contributed by atoms with Crippen LogP contribution < -0.4 is 20.4 Å². The molecule has 0 amide bonds. The summed E-state index contributed by atoms with van der Waals surface area (Å²) in [6.07, 6.45) is 11.1. The van der Waals surface area contributed by atoms with Gasteiger partial charge < -0.3 is 20.4 Å². The number of aromatic nitrogens is 2. The maximum Gasteiger partial charge on any atom is 0.191 e. The van der Waals surface area contributed by atoms with Crippen molar-refractivity contribution < 1.29 is 0 Å². The summed E-state index contributed by atoms with van der Waals surface area (Å²) in [4.78, 5) is 18.8. The SMILES string of the molecule is CCNC(=NCc1ccnc(N2CCCCCC2)c1)NC1CCN(c2ccccn2)CC1.I. The van der Waals surface area contributed by atoms with Crippen LogP contribution in [0.15, 0.2) is 47.7 Å². The van der Waals surface area contributed by atoms with Crippen LogP contribution in [0.4, 0.5) is 11.6 Å². The van der Waals surface area contributed by atoms with E-state index in [1.165, 1.54) is 31.2 Å². The normalized spacial score (nSPS) is 17.8. The van der Waals surface area contributed by atoms with Crippen LogP contribution in [0.1, 0.15) is 51.0 Å². The zero-order valence-electron chi connectivity index (χ0n) is 19.7. The molecule has 2 N–H and O–H groups in total. The average molecular weight is 564 g/mol. The number of hydrogen-bond acceptors (Lipinski definition) is 5.